The molecule has 3 aromatic heterocycles. The van der Waals surface area contributed by atoms with Crippen LogP contribution in [0.3, 0.4) is 0 Å². The summed E-state index contributed by atoms with van der Waals surface area (Å²) < 4.78 is 39.6. The van der Waals surface area contributed by atoms with Crippen LogP contribution in [0.1, 0.15) is 21.6 Å². The number of hydrogen-bond acceptors (Lipinski definition) is 5. The predicted octanol–water partition coefficient (Wildman–Crippen LogP) is 4.26. The minimum absolute atomic E-state index is 0.0316. The van der Waals surface area contributed by atoms with Crippen molar-refractivity contribution in [3.8, 4) is 16.5 Å². The Labute approximate surface area is 177 Å². The number of aromatic amines is 1. The van der Waals surface area contributed by atoms with Gasteiger partial charge in [0, 0.05) is 23.4 Å². The van der Waals surface area contributed by atoms with E-state index >= 15 is 0 Å². The zero-order chi connectivity index (χ0) is 22.2. The highest BCUT2D eigenvalue weighted by molar-refractivity contribution is 7.13. The summed E-state index contributed by atoms with van der Waals surface area (Å²) in [5.41, 5.74) is -0.232. The molecule has 158 valence electrons. The predicted molar refractivity (Wildman–Crippen MR) is 109 cm³/mol. The molecular weight excluding hydrogens is 431 g/mol. The average molecular weight is 445 g/mol. The Balaban J connectivity index is 1.71. The molecule has 0 saturated heterocycles. The van der Waals surface area contributed by atoms with Crippen molar-refractivity contribution in [2.45, 2.75) is 13.1 Å². The fourth-order valence-electron chi connectivity index (χ4n) is 2.84. The molecule has 0 spiro atoms. The molecule has 0 atom stereocenters. The van der Waals surface area contributed by atoms with Crippen molar-refractivity contribution in [2.24, 2.45) is 0 Å². The van der Waals surface area contributed by atoms with Crippen molar-refractivity contribution < 1.29 is 18.0 Å². The zero-order valence-corrected chi connectivity index (χ0v) is 16.7. The number of carbonyl (C=O) groups is 1. The molecule has 0 bridgehead atoms. The zero-order valence-electron chi connectivity index (χ0n) is 15.9. The van der Waals surface area contributed by atoms with Crippen LogP contribution in [0.2, 0.25) is 0 Å². The number of hydrogen-bond donors (Lipinski definition) is 2. The largest absolute Gasteiger partial charge is 0.416 e. The van der Waals surface area contributed by atoms with Gasteiger partial charge >= 0.3 is 6.18 Å². The molecule has 4 aromatic rings. The van der Waals surface area contributed by atoms with E-state index in [4.69, 9.17) is 0 Å². The van der Waals surface area contributed by atoms with E-state index in [-0.39, 0.29) is 17.3 Å². The highest BCUT2D eigenvalue weighted by Gasteiger charge is 2.30. The van der Waals surface area contributed by atoms with Gasteiger partial charge in [-0.05, 0) is 42.6 Å². The number of carbonyl (C=O) groups excluding carboxylic acids is 1. The molecule has 11 heteroatoms. The lowest BCUT2D eigenvalue weighted by Crippen LogP contribution is -2.19. The van der Waals surface area contributed by atoms with Crippen LogP contribution >= 0.6 is 11.3 Å². The molecule has 31 heavy (non-hydrogen) atoms. The first kappa shape index (κ1) is 20.5. The molecule has 1 amide bonds. The second-order valence-electron chi connectivity index (χ2n) is 6.54. The summed E-state index contributed by atoms with van der Waals surface area (Å²) in [5.74, 6) is -0.347. The van der Waals surface area contributed by atoms with E-state index in [1.165, 1.54) is 22.1 Å². The molecule has 0 unspecified atom stereocenters. The highest BCUT2D eigenvalue weighted by atomic mass is 32.1. The number of H-pyrrole nitrogens is 1. The average Bonchev–Trinajstić information content (AvgIpc) is 3.36. The van der Waals surface area contributed by atoms with Gasteiger partial charge in [0.15, 0.2) is 0 Å². The van der Waals surface area contributed by atoms with E-state index in [1.54, 1.807) is 13.0 Å². The monoisotopic (exact) mass is 445 g/mol. The minimum atomic E-state index is -4.49. The van der Waals surface area contributed by atoms with Crippen LogP contribution in [-0.4, -0.2) is 25.7 Å². The number of aromatic nitrogens is 4. The Hall–Kier alpha value is -3.73. The maximum Gasteiger partial charge on any atom is 0.416 e. The molecular formula is C20H14F3N5O2S. The van der Waals surface area contributed by atoms with Crippen molar-refractivity contribution >= 4 is 23.1 Å². The summed E-state index contributed by atoms with van der Waals surface area (Å²) in [6, 6.07) is 10.4. The summed E-state index contributed by atoms with van der Waals surface area (Å²) >= 11 is 1.43. The third-order valence-electron chi connectivity index (χ3n) is 4.26. The summed E-state index contributed by atoms with van der Waals surface area (Å²) in [7, 11) is 0. The SMILES string of the molecule is Cc1cc(=O)[nH]c(-n2nc(-c3cccs3)cc2NC(=O)c2ccc(C(F)(F)F)cc2)n1. The summed E-state index contributed by atoms with van der Waals surface area (Å²) in [5, 5.41) is 8.92. The Bertz CT molecular complexity index is 1290. The lowest BCUT2D eigenvalue weighted by Gasteiger charge is -2.10. The number of aryl methyl sites for hydroxylation is 1. The van der Waals surface area contributed by atoms with Crippen molar-refractivity contribution in [1.82, 2.24) is 19.7 Å². The minimum Gasteiger partial charge on any atom is -0.306 e. The first-order valence-electron chi connectivity index (χ1n) is 8.91. The van der Waals surface area contributed by atoms with E-state index in [9.17, 15) is 22.8 Å². The Kier molecular flexibility index (Phi) is 5.19. The van der Waals surface area contributed by atoms with E-state index < -0.39 is 23.2 Å². The van der Waals surface area contributed by atoms with E-state index in [0.29, 0.717) is 11.4 Å². The molecule has 4 rings (SSSR count). The van der Waals surface area contributed by atoms with Crippen molar-refractivity contribution in [1.29, 1.82) is 0 Å². The number of amides is 1. The summed E-state index contributed by atoms with van der Waals surface area (Å²) in [6.45, 7) is 1.64. The number of thiophene rings is 1. The molecule has 0 aliphatic rings. The lowest BCUT2D eigenvalue weighted by atomic mass is 10.1. The van der Waals surface area contributed by atoms with Gasteiger partial charge < -0.3 is 5.32 Å². The number of nitrogens with zero attached hydrogens (tertiary/aromatic N) is 3. The van der Waals surface area contributed by atoms with Gasteiger partial charge in [0.1, 0.15) is 11.5 Å². The third-order valence-corrected chi connectivity index (χ3v) is 5.15. The number of alkyl halides is 3. The van der Waals surface area contributed by atoms with Crippen LogP contribution in [0.15, 0.2) is 58.7 Å². The topological polar surface area (TPSA) is 92.7 Å². The molecule has 1 aromatic carbocycles. The standard InChI is InChI=1S/C20H14F3N5O2S/c1-11-9-17(29)26-19(24-11)28-16(10-14(27-28)15-3-2-8-31-15)25-18(30)12-4-6-13(7-5-12)20(21,22)23/h2-10H,1H3,(H,25,30)(H,24,26,29). The maximum absolute atomic E-state index is 12.8. The normalized spacial score (nSPS) is 11.5. The fourth-order valence-corrected chi connectivity index (χ4v) is 3.52. The van der Waals surface area contributed by atoms with Crippen LogP contribution in [-0.2, 0) is 6.18 Å². The fraction of sp³-hybridized carbons (Fsp3) is 0.100. The highest BCUT2D eigenvalue weighted by Crippen LogP contribution is 2.30. The number of nitrogens with one attached hydrogen (secondary N) is 2. The quantitative estimate of drug-likeness (QED) is 0.491. The van der Waals surface area contributed by atoms with E-state index in [1.807, 2.05) is 17.5 Å². The Morgan fingerprint density at radius 2 is 1.90 bits per heavy atom. The molecule has 0 saturated carbocycles. The van der Waals surface area contributed by atoms with Gasteiger partial charge in [-0.1, -0.05) is 6.07 Å². The van der Waals surface area contributed by atoms with Gasteiger partial charge in [-0.2, -0.15) is 23.0 Å². The second kappa shape index (κ2) is 7.84. The first-order chi connectivity index (χ1) is 14.7. The van der Waals surface area contributed by atoms with Gasteiger partial charge in [0.05, 0.1) is 10.4 Å². The van der Waals surface area contributed by atoms with Crippen LogP contribution in [0.5, 0.6) is 0 Å². The van der Waals surface area contributed by atoms with Gasteiger partial charge in [-0.15, -0.1) is 11.3 Å². The van der Waals surface area contributed by atoms with Crippen LogP contribution in [0.25, 0.3) is 16.5 Å². The first-order valence-corrected chi connectivity index (χ1v) is 9.79. The third kappa shape index (κ3) is 4.40. The Morgan fingerprint density at radius 3 is 2.52 bits per heavy atom. The molecule has 0 aliphatic heterocycles. The van der Waals surface area contributed by atoms with Crippen LogP contribution < -0.4 is 10.9 Å². The molecule has 7 nitrogen and oxygen atoms in total. The molecule has 3 heterocycles. The number of anilines is 1. The van der Waals surface area contributed by atoms with Crippen molar-refractivity contribution in [3.63, 3.8) is 0 Å². The van der Waals surface area contributed by atoms with Crippen LogP contribution in [0, 0.1) is 6.92 Å². The molecule has 0 fully saturated rings. The van der Waals surface area contributed by atoms with E-state index in [2.05, 4.69) is 20.4 Å². The second-order valence-corrected chi connectivity index (χ2v) is 7.49. The van der Waals surface area contributed by atoms with Crippen molar-refractivity contribution in [2.75, 3.05) is 5.32 Å². The summed E-state index contributed by atoms with van der Waals surface area (Å²) in [6.07, 6.45) is -4.49. The van der Waals surface area contributed by atoms with Crippen LogP contribution in [0.4, 0.5) is 19.0 Å². The van der Waals surface area contributed by atoms with Gasteiger partial charge in [0.25, 0.3) is 11.5 Å². The molecule has 0 aliphatic carbocycles. The van der Waals surface area contributed by atoms with Gasteiger partial charge in [-0.25, -0.2) is 4.98 Å². The van der Waals surface area contributed by atoms with Gasteiger partial charge in [-0.3, -0.25) is 14.6 Å². The molecule has 0 radical (unpaired) electrons. The number of benzene rings is 1. The maximum atomic E-state index is 12.8. The summed E-state index contributed by atoms with van der Waals surface area (Å²) in [4.78, 5) is 32.2. The smallest absolute Gasteiger partial charge is 0.306 e. The van der Waals surface area contributed by atoms with Gasteiger partial charge in [0.2, 0.25) is 5.95 Å². The van der Waals surface area contributed by atoms with Crippen molar-refractivity contribution in [3.05, 3.63) is 81.1 Å². The number of rotatable bonds is 4. The molecule has 2 N–H and O–H groups in total. The van der Waals surface area contributed by atoms with E-state index in [0.717, 1.165) is 29.1 Å². The lowest BCUT2D eigenvalue weighted by molar-refractivity contribution is -0.137. The number of halogens is 3. The Morgan fingerprint density at radius 1 is 1.16 bits per heavy atom.